The Morgan fingerprint density at radius 1 is 1.04 bits per heavy atom. The highest BCUT2D eigenvalue weighted by Crippen LogP contribution is 2.44. The number of hydrogen-bond acceptors (Lipinski definition) is 3. The highest BCUT2D eigenvalue weighted by atomic mass is 35.5. The molecule has 2 aliphatic rings. The number of Topliss-reactive ketones (excluding diaryl/α,β-unsaturated/α-hetero) is 1. The maximum absolute atomic E-state index is 14.7. The Balaban J connectivity index is 1.91. The first kappa shape index (κ1) is 18.7. The predicted octanol–water partition coefficient (Wildman–Crippen LogP) is 4.84. The molecule has 1 unspecified atom stereocenters. The van der Waals surface area contributed by atoms with E-state index in [9.17, 15) is 19.1 Å². The highest BCUT2D eigenvalue weighted by molar-refractivity contribution is 6.46. The van der Waals surface area contributed by atoms with E-state index in [2.05, 4.69) is 0 Å². The van der Waals surface area contributed by atoms with E-state index in [-0.39, 0.29) is 22.9 Å². The Hall–Kier alpha value is -2.66. The smallest absolute Gasteiger partial charge is 0.295 e. The Kier molecular flexibility index (Phi) is 4.94. The van der Waals surface area contributed by atoms with Crippen LogP contribution in [0.2, 0.25) is 5.02 Å². The minimum absolute atomic E-state index is 0.0793. The van der Waals surface area contributed by atoms with Crippen LogP contribution in [-0.2, 0) is 9.59 Å². The lowest BCUT2D eigenvalue weighted by atomic mass is 9.94. The molecule has 2 fully saturated rings. The maximum atomic E-state index is 14.7. The van der Waals surface area contributed by atoms with Gasteiger partial charge in [-0.05, 0) is 43.2 Å². The van der Waals surface area contributed by atoms with Gasteiger partial charge in [-0.25, -0.2) is 4.39 Å². The van der Waals surface area contributed by atoms with Gasteiger partial charge in [-0.15, -0.1) is 0 Å². The van der Waals surface area contributed by atoms with Crippen molar-refractivity contribution in [3.05, 3.63) is 76.1 Å². The Bertz CT molecular complexity index is 964. The lowest BCUT2D eigenvalue weighted by molar-refractivity contribution is -0.141. The van der Waals surface area contributed by atoms with Crippen molar-refractivity contribution in [1.29, 1.82) is 0 Å². The number of hydrogen-bond donors (Lipinski definition) is 1. The summed E-state index contributed by atoms with van der Waals surface area (Å²) in [5, 5.41) is 11.4. The summed E-state index contributed by atoms with van der Waals surface area (Å²) in [5.74, 6) is -2.30. The summed E-state index contributed by atoms with van der Waals surface area (Å²) in [6.45, 7) is 0. The van der Waals surface area contributed by atoms with Gasteiger partial charge < -0.3 is 10.0 Å². The summed E-state index contributed by atoms with van der Waals surface area (Å²) in [7, 11) is 0. The van der Waals surface area contributed by atoms with Crippen molar-refractivity contribution in [2.75, 3.05) is 0 Å². The van der Waals surface area contributed by atoms with E-state index >= 15 is 0 Å². The van der Waals surface area contributed by atoms with Crippen molar-refractivity contribution in [2.45, 2.75) is 37.8 Å². The van der Waals surface area contributed by atoms with Gasteiger partial charge in [-0.3, -0.25) is 9.59 Å². The molecule has 1 saturated heterocycles. The molecule has 4 nitrogen and oxygen atoms in total. The monoisotopic (exact) mass is 399 g/mol. The Morgan fingerprint density at radius 3 is 2.32 bits per heavy atom. The lowest BCUT2D eigenvalue weighted by Gasteiger charge is -2.30. The zero-order valence-electron chi connectivity index (χ0n) is 15.1. The molecule has 1 heterocycles. The average Bonchev–Trinajstić information content (AvgIpc) is 3.30. The Labute approximate surface area is 167 Å². The van der Waals surface area contributed by atoms with Gasteiger partial charge in [0.1, 0.15) is 11.6 Å². The molecule has 144 valence electrons. The second-order valence-corrected chi connectivity index (χ2v) is 7.61. The highest BCUT2D eigenvalue weighted by Gasteiger charge is 2.49. The minimum atomic E-state index is -0.944. The van der Waals surface area contributed by atoms with Crippen LogP contribution >= 0.6 is 11.6 Å². The van der Waals surface area contributed by atoms with Crippen LogP contribution in [0.4, 0.5) is 4.39 Å². The van der Waals surface area contributed by atoms with Crippen LogP contribution < -0.4 is 0 Å². The van der Waals surface area contributed by atoms with Crippen molar-refractivity contribution >= 4 is 29.1 Å². The van der Waals surface area contributed by atoms with Crippen LogP contribution in [0, 0.1) is 5.82 Å². The first-order valence-corrected chi connectivity index (χ1v) is 9.67. The minimum Gasteiger partial charge on any atom is -0.507 e. The second kappa shape index (κ2) is 7.40. The predicted molar refractivity (Wildman–Crippen MR) is 104 cm³/mol. The fourth-order valence-corrected chi connectivity index (χ4v) is 4.30. The lowest BCUT2D eigenvalue weighted by Crippen LogP contribution is -2.38. The summed E-state index contributed by atoms with van der Waals surface area (Å²) in [4.78, 5) is 27.2. The molecule has 6 heteroatoms. The summed E-state index contributed by atoms with van der Waals surface area (Å²) in [6.07, 6.45) is 3.43. The van der Waals surface area contributed by atoms with Gasteiger partial charge in [0.05, 0.1) is 11.6 Å². The van der Waals surface area contributed by atoms with Crippen LogP contribution in [-0.4, -0.2) is 27.7 Å². The van der Waals surface area contributed by atoms with Crippen molar-refractivity contribution in [2.24, 2.45) is 0 Å². The molecule has 0 aromatic heterocycles. The van der Waals surface area contributed by atoms with Crippen molar-refractivity contribution in [3.8, 4) is 0 Å². The maximum Gasteiger partial charge on any atom is 0.295 e. The normalized spacial score (nSPS) is 22.2. The van der Waals surface area contributed by atoms with E-state index in [0.717, 1.165) is 25.7 Å². The van der Waals surface area contributed by atoms with E-state index in [0.29, 0.717) is 10.6 Å². The molecule has 1 saturated carbocycles. The number of amides is 1. The van der Waals surface area contributed by atoms with Crippen LogP contribution in [0.25, 0.3) is 5.76 Å². The topological polar surface area (TPSA) is 57.6 Å². The third-order valence-electron chi connectivity index (χ3n) is 5.52. The standard InChI is InChI=1S/C22H19ClFNO3/c23-14-11-9-13(10-12-14)20(26)18-19(16-7-3-4-8-17(16)24)25(22(28)21(18)27)15-5-1-2-6-15/h3-4,7-12,15,19,26H,1-2,5-6H2/b20-18-. The Morgan fingerprint density at radius 2 is 1.68 bits per heavy atom. The van der Waals surface area contributed by atoms with Crippen LogP contribution in [0.5, 0.6) is 0 Å². The number of carbonyl (C=O) groups is 2. The molecule has 28 heavy (non-hydrogen) atoms. The van der Waals surface area contributed by atoms with Gasteiger partial charge in [0.15, 0.2) is 0 Å². The number of benzene rings is 2. The summed E-state index contributed by atoms with van der Waals surface area (Å²) in [5.41, 5.74) is 0.489. The third kappa shape index (κ3) is 3.10. The summed E-state index contributed by atoms with van der Waals surface area (Å²) >= 11 is 5.91. The molecule has 1 atom stereocenters. The van der Waals surface area contributed by atoms with Crippen molar-refractivity contribution in [3.63, 3.8) is 0 Å². The van der Waals surface area contributed by atoms with E-state index < -0.39 is 23.5 Å². The number of carbonyl (C=O) groups excluding carboxylic acids is 2. The summed E-state index contributed by atoms with van der Waals surface area (Å²) in [6, 6.07) is 11.3. The van der Waals surface area contributed by atoms with E-state index in [1.54, 1.807) is 42.5 Å². The SMILES string of the molecule is O=C1C(=O)N(C2CCCC2)C(c2ccccc2F)/C1=C(/O)c1ccc(Cl)cc1. The molecular weight excluding hydrogens is 381 g/mol. The van der Waals surface area contributed by atoms with Gasteiger partial charge in [-0.1, -0.05) is 42.6 Å². The zero-order chi connectivity index (χ0) is 19.8. The van der Waals surface area contributed by atoms with Gasteiger partial charge in [0.2, 0.25) is 0 Å². The van der Waals surface area contributed by atoms with Crippen LogP contribution in [0.3, 0.4) is 0 Å². The molecule has 1 N–H and O–H groups in total. The number of ketones is 1. The molecule has 1 aliphatic carbocycles. The average molecular weight is 400 g/mol. The number of halogens is 2. The molecule has 0 bridgehead atoms. The van der Waals surface area contributed by atoms with Crippen molar-refractivity contribution < 1.29 is 19.1 Å². The number of nitrogens with zero attached hydrogens (tertiary/aromatic N) is 1. The zero-order valence-corrected chi connectivity index (χ0v) is 15.8. The summed E-state index contributed by atoms with van der Waals surface area (Å²) < 4.78 is 14.7. The first-order chi connectivity index (χ1) is 13.5. The molecule has 2 aromatic rings. The fraction of sp³-hybridized carbons (Fsp3) is 0.273. The molecule has 1 aliphatic heterocycles. The molecular formula is C22H19ClFNO3. The van der Waals surface area contributed by atoms with Crippen LogP contribution in [0.1, 0.15) is 42.9 Å². The van der Waals surface area contributed by atoms with E-state index in [1.165, 1.54) is 11.0 Å². The number of rotatable bonds is 3. The number of aliphatic hydroxyl groups excluding tert-OH is 1. The van der Waals surface area contributed by atoms with Crippen molar-refractivity contribution in [1.82, 2.24) is 4.90 Å². The largest absolute Gasteiger partial charge is 0.507 e. The number of likely N-dealkylation sites (tertiary alicyclic amines) is 1. The van der Waals surface area contributed by atoms with Gasteiger partial charge in [-0.2, -0.15) is 0 Å². The second-order valence-electron chi connectivity index (χ2n) is 7.17. The number of aliphatic hydroxyl groups is 1. The molecule has 1 amide bonds. The van der Waals surface area contributed by atoms with Gasteiger partial charge in [0, 0.05) is 22.2 Å². The molecule has 0 radical (unpaired) electrons. The van der Waals surface area contributed by atoms with E-state index in [4.69, 9.17) is 11.6 Å². The molecule has 2 aromatic carbocycles. The van der Waals surface area contributed by atoms with Crippen LogP contribution in [0.15, 0.2) is 54.1 Å². The van der Waals surface area contributed by atoms with Gasteiger partial charge in [0.25, 0.3) is 11.7 Å². The molecule has 4 rings (SSSR count). The van der Waals surface area contributed by atoms with Gasteiger partial charge >= 0.3 is 0 Å². The van der Waals surface area contributed by atoms with E-state index in [1.807, 2.05) is 0 Å². The quantitative estimate of drug-likeness (QED) is 0.456. The third-order valence-corrected chi connectivity index (χ3v) is 5.77. The molecule has 0 spiro atoms. The fourth-order valence-electron chi connectivity index (χ4n) is 4.17. The first-order valence-electron chi connectivity index (χ1n) is 9.29.